The summed E-state index contributed by atoms with van der Waals surface area (Å²) in [5.41, 5.74) is 0. The van der Waals surface area contributed by atoms with Gasteiger partial charge in [0, 0.05) is 6.42 Å². The van der Waals surface area contributed by atoms with Gasteiger partial charge in [-0.1, -0.05) is 111 Å². The van der Waals surface area contributed by atoms with Crippen LogP contribution in [0.2, 0.25) is 52.4 Å². The molecule has 0 bridgehead atoms. The monoisotopic (exact) mass is 560 g/mol. The van der Waals surface area contributed by atoms with Crippen molar-refractivity contribution in [3.8, 4) is 11.5 Å². The van der Waals surface area contributed by atoms with Crippen LogP contribution in [0.3, 0.4) is 0 Å². The average Bonchev–Trinajstić information content (AvgIpc) is 2.86. The first-order chi connectivity index (χ1) is 17.7. The number of benzene rings is 4. The van der Waals surface area contributed by atoms with E-state index in [1.54, 1.807) is 0 Å². The van der Waals surface area contributed by atoms with Crippen molar-refractivity contribution in [2.24, 2.45) is 0 Å². The van der Waals surface area contributed by atoms with Gasteiger partial charge in [-0.15, -0.1) is 0 Å². The van der Waals surface area contributed by atoms with Gasteiger partial charge in [0.05, 0.1) is 48.4 Å². The molecular weight excluding hydrogens is 517 g/mol. The minimum Gasteiger partial charge on any atom is -0.494 e. The molecule has 0 radical (unpaired) electrons. The standard InChI is InChI=1S/C31H44O2Si4/c1-34(2)24-12-14-26-22(20-24)10-16-28(30(26)36(5)6)32-18-9-19-33-29-17-11-23-21-25(35(3)4)13-15-27(23)31(29)37(7)8/h10-17,20-21,34-37H,9,18-19H2,1-8H3. The van der Waals surface area contributed by atoms with Crippen LogP contribution in [0.1, 0.15) is 6.42 Å². The predicted molar refractivity (Wildman–Crippen MR) is 178 cm³/mol. The van der Waals surface area contributed by atoms with Crippen molar-refractivity contribution in [1.82, 2.24) is 0 Å². The van der Waals surface area contributed by atoms with Crippen molar-refractivity contribution in [3.05, 3.63) is 60.7 Å². The van der Waals surface area contributed by atoms with E-state index >= 15 is 0 Å². The second-order valence-corrected chi connectivity index (χ2v) is 23.3. The number of rotatable bonds is 10. The van der Waals surface area contributed by atoms with E-state index in [1.165, 1.54) is 42.3 Å². The summed E-state index contributed by atoms with van der Waals surface area (Å²) in [5.74, 6) is 2.16. The fourth-order valence-corrected chi connectivity index (χ4v) is 10.5. The highest BCUT2D eigenvalue weighted by Gasteiger charge is 2.16. The smallest absolute Gasteiger partial charge is 0.118 e. The van der Waals surface area contributed by atoms with E-state index in [9.17, 15) is 0 Å². The lowest BCUT2D eigenvalue weighted by Gasteiger charge is -2.19. The van der Waals surface area contributed by atoms with Crippen molar-refractivity contribution in [2.75, 3.05) is 13.2 Å². The van der Waals surface area contributed by atoms with Crippen molar-refractivity contribution >= 4 is 77.5 Å². The van der Waals surface area contributed by atoms with Crippen molar-refractivity contribution < 1.29 is 9.47 Å². The highest BCUT2D eigenvalue weighted by Crippen LogP contribution is 2.22. The largest absolute Gasteiger partial charge is 0.494 e. The molecule has 0 spiro atoms. The van der Waals surface area contributed by atoms with E-state index in [0.717, 1.165) is 17.9 Å². The van der Waals surface area contributed by atoms with Gasteiger partial charge < -0.3 is 9.47 Å². The molecule has 4 rings (SSSR count). The Morgan fingerprint density at radius 2 is 0.892 bits per heavy atom. The summed E-state index contributed by atoms with van der Waals surface area (Å²) in [4.78, 5) is 0. The van der Waals surface area contributed by atoms with Crippen molar-refractivity contribution in [1.29, 1.82) is 0 Å². The second kappa shape index (κ2) is 12.2. The third kappa shape index (κ3) is 6.30. The summed E-state index contributed by atoms with van der Waals surface area (Å²) in [5, 5.41) is 11.5. The van der Waals surface area contributed by atoms with Gasteiger partial charge in [0.15, 0.2) is 0 Å². The molecule has 196 valence electrons. The molecule has 6 heteroatoms. The van der Waals surface area contributed by atoms with E-state index < -0.39 is 35.2 Å². The summed E-state index contributed by atoms with van der Waals surface area (Å²) in [7, 11) is -3.72. The van der Waals surface area contributed by atoms with Crippen LogP contribution in [-0.4, -0.2) is 48.4 Å². The van der Waals surface area contributed by atoms with Crippen molar-refractivity contribution in [2.45, 2.75) is 58.8 Å². The Labute approximate surface area is 230 Å². The Morgan fingerprint density at radius 3 is 1.24 bits per heavy atom. The summed E-state index contributed by atoms with van der Waals surface area (Å²) in [6.07, 6.45) is 0.879. The quantitative estimate of drug-likeness (QED) is 0.208. The Balaban J connectivity index is 1.45. The minimum atomic E-state index is -1.06. The molecule has 0 N–H and O–H groups in total. The van der Waals surface area contributed by atoms with Gasteiger partial charge in [-0.25, -0.2) is 0 Å². The molecule has 0 aromatic heterocycles. The zero-order chi connectivity index (χ0) is 26.7. The highest BCUT2D eigenvalue weighted by molar-refractivity contribution is 6.75. The number of hydrogen-bond acceptors (Lipinski definition) is 2. The topological polar surface area (TPSA) is 18.5 Å². The predicted octanol–water partition coefficient (Wildman–Crippen LogP) is 4.62. The Morgan fingerprint density at radius 1 is 0.486 bits per heavy atom. The lowest BCUT2D eigenvalue weighted by atomic mass is 10.1. The molecule has 0 unspecified atom stereocenters. The van der Waals surface area contributed by atoms with Crippen LogP contribution in [0.4, 0.5) is 0 Å². The SMILES string of the molecule is C[SiH](C)c1ccc2c([SiH](C)C)c(OCCCOc3ccc4cc([SiH](C)C)ccc4c3[SiH](C)C)ccc2c1. The summed E-state index contributed by atoms with van der Waals surface area (Å²) in [6.45, 7) is 20.6. The molecule has 0 atom stereocenters. The average molecular weight is 561 g/mol. The van der Waals surface area contributed by atoms with Crippen LogP contribution in [0.5, 0.6) is 11.5 Å². The van der Waals surface area contributed by atoms with Crippen LogP contribution in [0.25, 0.3) is 21.5 Å². The minimum absolute atomic E-state index is 0.682. The van der Waals surface area contributed by atoms with Crippen LogP contribution >= 0.6 is 0 Å². The Bertz CT molecular complexity index is 1270. The van der Waals surface area contributed by atoms with E-state index in [0.29, 0.717) is 13.2 Å². The van der Waals surface area contributed by atoms with Crippen LogP contribution in [0.15, 0.2) is 60.7 Å². The fourth-order valence-electron chi connectivity index (χ4n) is 5.29. The molecule has 2 nitrogen and oxygen atoms in total. The molecule has 0 saturated heterocycles. The van der Waals surface area contributed by atoms with E-state index in [-0.39, 0.29) is 0 Å². The van der Waals surface area contributed by atoms with Gasteiger partial charge in [-0.05, 0) is 44.1 Å². The zero-order valence-corrected chi connectivity index (χ0v) is 28.6. The van der Waals surface area contributed by atoms with Crippen LogP contribution in [0, 0.1) is 0 Å². The maximum absolute atomic E-state index is 6.38. The molecule has 0 aliphatic heterocycles. The van der Waals surface area contributed by atoms with Crippen molar-refractivity contribution in [3.63, 3.8) is 0 Å². The number of fused-ring (bicyclic) bond motifs is 2. The lowest BCUT2D eigenvalue weighted by Crippen LogP contribution is -2.28. The molecule has 37 heavy (non-hydrogen) atoms. The first-order valence-corrected chi connectivity index (χ1v) is 25.6. The molecule has 4 aromatic carbocycles. The zero-order valence-electron chi connectivity index (χ0n) is 24.0. The van der Waals surface area contributed by atoms with Gasteiger partial charge in [-0.2, -0.15) is 0 Å². The number of hydrogen-bond donors (Lipinski definition) is 0. The second-order valence-electron chi connectivity index (χ2n) is 11.6. The molecule has 0 saturated carbocycles. The van der Waals surface area contributed by atoms with Crippen LogP contribution < -0.4 is 30.2 Å². The number of ether oxygens (including phenoxy) is 2. The van der Waals surface area contributed by atoms with E-state index in [1.807, 2.05) is 0 Å². The molecule has 0 aliphatic carbocycles. The normalized spacial score (nSPS) is 12.0. The first-order valence-electron chi connectivity index (χ1n) is 14.1. The lowest BCUT2D eigenvalue weighted by molar-refractivity contribution is 0.250. The molecule has 0 fully saturated rings. The molecule has 0 aliphatic rings. The van der Waals surface area contributed by atoms with Crippen LogP contribution in [-0.2, 0) is 0 Å². The Hall–Kier alpha value is -2.13. The third-order valence-corrected chi connectivity index (χ3v) is 14.3. The highest BCUT2D eigenvalue weighted by atomic mass is 28.3. The van der Waals surface area contributed by atoms with Gasteiger partial charge >= 0.3 is 0 Å². The summed E-state index contributed by atoms with van der Waals surface area (Å²) in [6, 6.07) is 23.1. The molecular formula is C31H44O2Si4. The molecule has 4 aromatic rings. The van der Waals surface area contributed by atoms with Gasteiger partial charge in [0.2, 0.25) is 0 Å². The fraction of sp³-hybridized carbons (Fsp3) is 0.355. The molecule has 0 amide bonds. The maximum Gasteiger partial charge on any atom is 0.118 e. The van der Waals surface area contributed by atoms with E-state index in [2.05, 4.69) is 113 Å². The summed E-state index contributed by atoms with van der Waals surface area (Å²) < 4.78 is 12.8. The van der Waals surface area contributed by atoms with Gasteiger partial charge in [-0.3, -0.25) is 0 Å². The van der Waals surface area contributed by atoms with Gasteiger partial charge in [0.1, 0.15) is 11.5 Å². The molecule has 0 heterocycles. The maximum atomic E-state index is 6.38. The first kappa shape index (κ1) is 27.9. The third-order valence-electron chi connectivity index (χ3n) is 7.38. The Kier molecular flexibility index (Phi) is 9.16. The summed E-state index contributed by atoms with van der Waals surface area (Å²) >= 11 is 0. The van der Waals surface area contributed by atoms with E-state index in [4.69, 9.17) is 9.47 Å². The van der Waals surface area contributed by atoms with Gasteiger partial charge in [0.25, 0.3) is 0 Å².